The summed E-state index contributed by atoms with van der Waals surface area (Å²) in [5.41, 5.74) is 1.36. The van der Waals surface area contributed by atoms with Gasteiger partial charge in [-0.3, -0.25) is 4.99 Å². The lowest BCUT2D eigenvalue weighted by Crippen LogP contribution is -2.37. The minimum atomic E-state index is 0. The van der Waals surface area contributed by atoms with Gasteiger partial charge >= 0.3 is 0 Å². The molecular formula is C15H23IN6. The van der Waals surface area contributed by atoms with Gasteiger partial charge in [-0.25, -0.2) is 0 Å². The first-order valence-corrected chi connectivity index (χ1v) is 7.11. The number of halogens is 1. The van der Waals surface area contributed by atoms with E-state index < -0.39 is 0 Å². The van der Waals surface area contributed by atoms with E-state index in [0.29, 0.717) is 6.54 Å². The van der Waals surface area contributed by atoms with Gasteiger partial charge in [0, 0.05) is 20.6 Å². The predicted octanol–water partition coefficient (Wildman–Crippen LogP) is 1.73. The number of benzene rings is 1. The fourth-order valence-electron chi connectivity index (χ4n) is 1.99. The number of nitrogens with zero attached hydrogens (tertiary/aromatic N) is 4. The zero-order valence-corrected chi connectivity index (χ0v) is 15.3. The molecule has 0 aliphatic carbocycles. The Kier molecular flexibility index (Phi) is 8.49. The number of aryl methyl sites for hydroxylation is 2. The van der Waals surface area contributed by atoms with Crippen LogP contribution in [0.5, 0.6) is 0 Å². The van der Waals surface area contributed by atoms with Crippen molar-refractivity contribution in [2.24, 2.45) is 12.0 Å². The summed E-state index contributed by atoms with van der Waals surface area (Å²) in [7, 11) is 3.69. The van der Waals surface area contributed by atoms with Crippen LogP contribution in [0.3, 0.4) is 0 Å². The zero-order chi connectivity index (χ0) is 14.9. The van der Waals surface area contributed by atoms with E-state index in [1.54, 1.807) is 13.4 Å². The summed E-state index contributed by atoms with van der Waals surface area (Å²) in [4.78, 5) is 4.20. The molecule has 1 heterocycles. The van der Waals surface area contributed by atoms with Crippen LogP contribution in [0.25, 0.3) is 0 Å². The highest BCUT2D eigenvalue weighted by atomic mass is 127. The van der Waals surface area contributed by atoms with E-state index in [1.165, 1.54) is 5.56 Å². The van der Waals surface area contributed by atoms with Crippen molar-refractivity contribution in [3.63, 3.8) is 0 Å². The van der Waals surface area contributed by atoms with Gasteiger partial charge in [0.2, 0.25) is 0 Å². The van der Waals surface area contributed by atoms with E-state index >= 15 is 0 Å². The van der Waals surface area contributed by atoms with Crippen LogP contribution < -0.4 is 10.6 Å². The Morgan fingerprint density at radius 2 is 2.00 bits per heavy atom. The quantitative estimate of drug-likeness (QED) is 0.327. The maximum absolute atomic E-state index is 4.20. The smallest absolute Gasteiger partial charge is 0.191 e. The third-order valence-electron chi connectivity index (χ3n) is 3.22. The Bertz CT molecular complexity index is 566. The van der Waals surface area contributed by atoms with Crippen LogP contribution in [0.1, 0.15) is 17.8 Å². The van der Waals surface area contributed by atoms with Gasteiger partial charge < -0.3 is 15.2 Å². The lowest BCUT2D eigenvalue weighted by atomic mass is 10.1. The maximum atomic E-state index is 4.20. The molecule has 0 aliphatic heterocycles. The first-order valence-electron chi connectivity index (χ1n) is 7.11. The van der Waals surface area contributed by atoms with Crippen LogP contribution >= 0.6 is 24.0 Å². The topological polar surface area (TPSA) is 67.1 Å². The van der Waals surface area contributed by atoms with Gasteiger partial charge in [0.05, 0.1) is 6.54 Å². The molecule has 0 radical (unpaired) electrons. The van der Waals surface area contributed by atoms with E-state index in [2.05, 4.69) is 50.1 Å². The molecule has 22 heavy (non-hydrogen) atoms. The van der Waals surface area contributed by atoms with Gasteiger partial charge in [-0.2, -0.15) is 0 Å². The number of guanidine groups is 1. The van der Waals surface area contributed by atoms with Gasteiger partial charge in [0.15, 0.2) is 11.8 Å². The number of hydrogen-bond acceptors (Lipinski definition) is 3. The second-order valence-corrected chi connectivity index (χ2v) is 4.80. The molecule has 2 rings (SSSR count). The molecule has 0 amide bonds. The van der Waals surface area contributed by atoms with E-state index in [4.69, 9.17) is 0 Å². The molecule has 0 unspecified atom stereocenters. The molecular weight excluding hydrogens is 391 g/mol. The number of hydrogen-bond donors (Lipinski definition) is 2. The summed E-state index contributed by atoms with van der Waals surface area (Å²) in [5.74, 6) is 1.66. The van der Waals surface area contributed by atoms with Crippen LogP contribution in [0, 0.1) is 0 Å². The normalized spacial score (nSPS) is 10.9. The molecule has 2 aromatic rings. The Morgan fingerprint density at radius 1 is 1.23 bits per heavy atom. The molecule has 0 aliphatic rings. The predicted molar refractivity (Wildman–Crippen MR) is 99.4 cm³/mol. The molecule has 7 heteroatoms. The standard InChI is InChI=1S/C15H22N6.HI/c1-16-15(18-11-14-20-19-12-21(14)2)17-10-6-9-13-7-4-3-5-8-13;/h3-5,7-8,12H,6,9-11H2,1-2H3,(H2,16,17,18);1H. The Hall–Kier alpha value is -1.64. The van der Waals surface area contributed by atoms with Crippen molar-refractivity contribution < 1.29 is 0 Å². The zero-order valence-electron chi connectivity index (χ0n) is 13.0. The number of aliphatic imine (C=N–C) groups is 1. The minimum Gasteiger partial charge on any atom is -0.356 e. The van der Waals surface area contributed by atoms with Crippen LogP contribution in [-0.4, -0.2) is 34.3 Å². The first kappa shape index (κ1) is 18.4. The summed E-state index contributed by atoms with van der Waals surface area (Å²) < 4.78 is 1.88. The van der Waals surface area contributed by atoms with Gasteiger partial charge in [-0.05, 0) is 18.4 Å². The summed E-state index contributed by atoms with van der Waals surface area (Å²) in [6.45, 7) is 1.49. The van der Waals surface area contributed by atoms with Crippen molar-refractivity contribution in [3.05, 3.63) is 48.0 Å². The third kappa shape index (κ3) is 6.00. The van der Waals surface area contributed by atoms with Crippen molar-refractivity contribution in [2.45, 2.75) is 19.4 Å². The second-order valence-electron chi connectivity index (χ2n) is 4.80. The summed E-state index contributed by atoms with van der Waals surface area (Å²) in [6, 6.07) is 10.5. The molecule has 0 spiro atoms. The van der Waals surface area contributed by atoms with Gasteiger partial charge in [-0.1, -0.05) is 30.3 Å². The molecule has 120 valence electrons. The molecule has 0 saturated heterocycles. The first-order chi connectivity index (χ1) is 10.3. The lowest BCUT2D eigenvalue weighted by molar-refractivity contribution is 0.708. The average Bonchev–Trinajstić information content (AvgIpc) is 2.93. The molecule has 0 saturated carbocycles. The highest BCUT2D eigenvalue weighted by Gasteiger charge is 2.02. The van der Waals surface area contributed by atoms with Crippen molar-refractivity contribution >= 4 is 29.9 Å². The second kappa shape index (κ2) is 10.1. The third-order valence-corrected chi connectivity index (χ3v) is 3.22. The largest absolute Gasteiger partial charge is 0.356 e. The van der Waals surface area contributed by atoms with Crippen LogP contribution in [0.15, 0.2) is 41.7 Å². The van der Waals surface area contributed by atoms with E-state index in [9.17, 15) is 0 Å². The fourth-order valence-corrected chi connectivity index (χ4v) is 1.99. The number of rotatable bonds is 6. The number of aromatic nitrogens is 3. The maximum Gasteiger partial charge on any atom is 0.191 e. The highest BCUT2D eigenvalue weighted by Crippen LogP contribution is 2.01. The Morgan fingerprint density at radius 3 is 2.64 bits per heavy atom. The van der Waals surface area contributed by atoms with Gasteiger partial charge in [-0.15, -0.1) is 34.2 Å². The van der Waals surface area contributed by atoms with Crippen LogP contribution in [0.2, 0.25) is 0 Å². The number of nitrogens with one attached hydrogen (secondary N) is 2. The molecule has 0 atom stereocenters. The SMILES string of the molecule is CN=C(NCCCc1ccccc1)NCc1nncn1C.I. The summed E-state index contributed by atoms with van der Waals surface area (Å²) in [6.07, 6.45) is 3.82. The Labute approximate surface area is 148 Å². The van der Waals surface area contributed by atoms with Crippen LogP contribution in [-0.2, 0) is 20.0 Å². The average molecular weight is 414 g/mol. The van der Waals surface area contributed by atoms with Crippen molar-refractivity contribution in [2.75, 3.05) is 13.6 Å². The van der Waals surface area contributed by atoms with Gasteiger partial charge in [0.1, 0.15) is 6.33 Å². The van der Waals surface area contributed by atoms with Crippen molar-refractivity contribution in [3.8, 4) is 0 Å². The molecule has 0 fully saturated rings. The monoisotopic (exact) mass is 414 g/mol. The molecule has 2 N–H and O–H groups in total. The summed E-state index contributed by atoms with van der Waals surface area (Å²) in [5, 5.41) is 14.4. The van der Waals surface area contributed by atoms with Gasteiger partial charge in [0.25, 0.3) is 0 Å². The summed E-state index contributed by atoms with van der Waals surface area (Å²) >= 11 is 0. The fraction of sp³-hybridized carbons (Fsp3) is 0.400. The Balaban J connectivity index is 0.00000242. The lowest BCUT2D eigenvalue weighted by Gasteiger charge is -2.11. The molecule has 1 aromatic heterocycles. The van der Waals surface area contributed by atoms with Crippen molar-refractivity contribution in [1.82, 2.24) is 25.4 Å². The minimum absolute atomic E-state index is 0. The van der Waals surface area contributed by atoms with E-state index in [1.807, 2.05) is 17.7 Å². The van der Waals surface area contributed by atoms with E-state index in [0.717, 1.165) is 31.2 Å². The molecule has 6 nitrogen and oxygen atoms in total. The highest BCUT2D eigenvalue weighted by molar-refractivity contribution is 14.0. The molecule has 1 aromatic carbocycles. The van der Waals surface area contributed by atoms with Crippen molar-refractivity contribution in [1.29, 1.82) is 0 Å². The molecule has 0 bridgehead atoms. The van der Waals surface area contributed by atoms with Crippen LogP contribution in [0.4, 0.5) is 0 Å². The van der Waals surface area contributed by atoms with E-state index in [-0.39, 0.29) is 24.0 Å².